The van der Waals surface area contributed by atoms with Gasteiger partial charge in [-0.2, -0.15) is 0 Å². The van der Waals surface area contributed by atoms with Crippen LogP contribution in [0.3, 0.4) is 0 Å². The Morgan fingerprint density at radius 1 is 1.36 bits per heavy atom. The first-order chi connectivity index (χ1) is 6.56. The van der Waals surface area contributed by atoms with Crippen molar-refractivity contribution >= 4 is 0 Å². The lowest BCUT2D eigenvalue weighted by Crippen LogP contribution is -2.33. The van der Waals surface area contributed by atoms with Crippen molar-refractivity contribution in [3.05, 3.63) is 29.3 Å². The Morgan fingerprint density at radius 2 is 2.00 bits per heavy atom. The Balaban J connectivity index is 2.95. The van der Waals surface area contributed by atoms with Crippen LogP contribution in [0.4, 0.5) is 0 Å². The smallest absolute Gasteiger partial charge is 0.120 e. The second kappa shape index (κ2) is 4.44. The highest BCUT2D eigenvalue weighted by Crippen LogP contribution is 2.25. The van der Waals surface area contributed by atoms with E-state index in [2.05, 4.69) is 0 Å². The van der Waals surface area contributed by atoms with Gasteiger partial charge in [0.1, 0.15) is 5.75 Å². The van der Waals surface area contributed by atoms with E-state index in [1.54, 1.807) is 6.07 Å². The Kier molecular flexibility index (Phi) is 3.49. The van der Waals surface area contributed by atoms with Crippen molar-refractivity contribution < 1.29 is 5.11 Å². The largest absolute Gasteiger partial charge is 0.508 e. The van der Waals surface area contributed by atoms with Gasteiger partial charge in [0.05, 0.1) is 0 Å². The summed E-state index contributed by atoms with van der Waals surface area (Å²) in [6.45, 7) is 3.91. The van der Waals surface area contributed by atoms with Gasteiger partial charge in [-0.3, -0.25) is 0 Å². The van der Waals surface area contributed by atoms with Gasteiger partial charge in [-0.05, 0) is 25.0 Å². The molecule has 0 fully saturated rings. The number of benzene rings is 1. The molecule has 14 heavy (non-hydrogen) atoms. The van der Waals surface area contributed by atoms with Gasteiger partial charge >= 0.3 is 0 Å². The summed E-state index contributed by atoms with van der Waals surface area (Å²) >= 11 is 0. The van der Waals surface area contributed by atoms with Gasteiger partial charge in [-0.1, -0.05) is 19.1 Å². The normalized spacial score (nSPS) is 15.1. The molecule has 0 aromatic heterocycles. The van der Waals surface area contributed by atoms with E-state index >= 15 is 0 Å². The minimum absolute atomic E-state index is 0.108. The molecular formula is C11H18N2O. The average Bonchev–Trinajstić information content (AvgIpc) is 2.15. The average molecular weight is 194 g/mol. The molecule has 0 amide bonds. The molecule has 0 spiro atoms. The van der Waals surface area contributed by atoms with Crippen molar-refractivity contribution in [2.24, 2.45) is 11.5 Å². The van der Waals surface area contributed by atoms with Crippen LogP contribution in [0.15, 0.2) is 18.2 Å². The molecule has 3 heteroatoms. The number of hydrogen-bond donors (Lipinski definition) is 3. The van der Waals surface area contributed by atoms with E-state index in [1.165, 1.54) is 0 Å². The van der Waals surface area contributed by atoms with Crippen molar-refractivity contribution in [1.82, 2.24) is 0 Å². The van der Waals surface area contributed by atoms with Crippen molar-refractivity contribution in [3.8, 4) is 5.75 Å². The molecule has 0 saturated carbocycles. The highest BCUT2D eigenvalue weighted by molar-refractivity contribution is 5.38. The maximum Gasteiger partial charge on any atom is 0.120 e. The molecular weight excluding hydrogens is 176 g/mol. The molecule has 0 aliphatic heterocycles. The maximum atomic E-state index is 9.67. The van der Waals surface area contributed by atoms with Crippen LogP contribution in [0.25, 0.3) is 0 Å². The van der Waals surface area contributed by atoms with E-state index in [9.17, 15) is 5.11 Å². The van der Waals surface area contributed by atoms with E-state index in [0.717, 1.165) is 17.5 Å². The second-order valence-electron chi connectivity index (χ2n) is 3.66. The summed E-state index contributed by atoms with van der Waals surface area (Å²) < 4.78 is 0. The molecule has 0 aliphatic rings. The Hall–Kier alpha value is -1.06. The molecule has 0 heterocycles. The number of nitrogens with two attached hydrogens (primary N) is 2. The van der Waals surface area contributed by atoms with E-state index < -0.39 is 0 Å². The first kappa shape index (κ1) is 11.0. The van der Waals surface area contributed by atoms with E-state index in [-0.39, 0.29) is 17.8 Å². The van der Waals surface area contributed by atoms with Crippen LogP contribution in [0.5, 0.6) is 5.75 Å². The number of rotatable bonds is 3. The molecule has 0 aliphatic carbocycles. The van der Waals surface area contributed by atoms with Gasteiger partial charge < -0.3 is 16.6 Å². The van der Waals surface area contributed by atoms with Crippen LogP contribution in [-0.2, 0) is 0 Å². The maximum absolute atomic E-state index is 9.67. The van der Waals surface area contributed by atoms with Crippen molar-refractivity contribution in [2.45, 2.75) is 32.4 Å². The SMILES string of the molecule is CCC(N)C(N)c1ccc(C)cc1O. The molecule has 1 rings (SSSR count). The highest BCUT2D eigenvalue weighted by Gasteiger charge is 2.16. The summed E-state index contributed by atoms with van der Waals surface area (Å²) in [7, 11) is 0. The lowest BCUT2D eigenvalue weighted by Gasteiger charge is -2.19. The number of phenols is 1. The van der Waals surface area contributed by atoms with Crippen LogP contribution in [0.2, 0.25) is 0 Å². The summed E-state index contributed by atoms with van der Waals surface area (Å²) in [5.74, 6) is 0.237. The monoisotopic (exact) mass is 194 g/mol. The molecule has 0 radical (unpaired) electrons. The molecule has 1 aromatic carbocycles. The van der Waals surface area contributed by atoms with E-state index in [0.29, 0.717) is 0 Å². The first-order valence-corrected chi connectivity index (χ1v) is 4.87. The molecule has 78 valence electrons. The zero-order chi connectivity index (χ0) is 10.7. The van der Waals surface area contributed by atoms with Gasteiger partial charge in [0.25, 0.3) is 0 Å². The van der Waals surface area contributed by atoms with Crippen LogP contribution < -0.4 is 11.5 Å². The number of hydrogen-bond acceptors (Lipinski definition) is 3. The minimum Gasteiger partial charge on any atom is -0.508 e. The van der Waals surface area contributed by atoms with Gasteiger partial charge in [0, 0.05) is 17.6 Å². The zero-order valence-electron chi connectivity index (χ0n) is 8.70. The minimum atomic E-state index is -0.291. The molecule has 0 bridgehead atoms. The quantitative estimate of drug-likeness (QED) is 0.681. The number of aromatic hydroxyl groups is 1. The summed E-state index contributed by atoms with van der Waals surface area (Å²) in [4.78, 5) is 0. The van der Waals surface area contributed by atoms with Crippen LogP contribution in [-0.4, -0.2) is 11.1 Å². The van der Waals surface area contributed by atoms with Crippen LogP contribution in [0, 0.1) is 6.92 Å². The van der Waals surface area contributed by atoms with Gasteiger partial charge in [-0.25, -0.2) is 0 Å². The lowest BCUT2D eigenvalue weighted by atomic mass is 9.97. The standard InChI is InChI=1S/C11H18N2O/c1-3-9(12)11(13)8-5-4-7(2)6-10(8)14/h4-6,9,11,14H,3,12-13H2,1-2H3. The van der Waals surface area contributed by atoms with Crippen LogP contribution in [0.1, 0.15) is 30.5 Å². The summed E-state index contributed by atoms with van der Waals surface area (Å²) in [6, 6.07) is 5.07. The fourth-order valence-electron chi connectivity index (χ4n) is 1.42. The van der Waals surface area contributed by atoms with Crippen molar-refractivity contribution in [3.63, 3.8) is 0 Å². The molecule has 2 unspecified atom stereocenters. The molecule has 1 aromatic rings. The Morgan fingerprint density at radius 3 is 2.50 bits per heavy atom. The fraction of sp³-hybridized carbons (Fsp3) is 0.455. The van der Waals surface area contributed by atoms with Crippen LogP contribution >= 0.6 is 0 Å². The van der Waals surface area contributed by atoms with Crippen molar-refractivity contribution in [2.75, 3.05) is 0 Å². The highest BCUT2D eigenvalue weighted by atomic mass is 16.3. The molecule has 2 atom stereocenters. The van der Waals surface area contributed by atoms with Gasteiger partial charge in [0.2, 0.25) is 0 Å². The van der Waals surface area contributed by atoms with Crippen molar-refractivity contribution in [1.29, 1.82) is 0 Å². The summed E-state index contributed by atoms with van der Waals surface area (Å²) in [5, 5.41) is 9.67. The topological polar surface area (TPSA) is 72.3 Å². The first-order valence-electron chi connectivity index (χ1n) is 4.87. The molecule has 0 saturated heterocycles. The predicted octanol–water partition coefficient (Wildman–Crippen LogP) is 1.44. The fourth-order valence-corrected chi connectivity index (χ4v) is 1.42. The summed E-state index contributed by atoms with van der Waals surface area (Å²) in [5.41, 5.74) is 13.5. The van der Waals surface area contributed by atoms with Gasteiger partial charge in [0.15, 0.2) is 0 Å². The molecule has 3 nitrogen and oxygen atoms in total. The van der Waals surface area contributed by atoms with E-state index in [1.807, 2.05) is 26.0 Å². The molecule has 5 N–H and O–H groups in total. The van der Waals surface area contributed by atoms with Gasteiger partial charge in [-0.15, -0.1) is 0 Å². The Labute approximate surface area is 84.7 Å². The second-order valence-corrected chi connectivity index (χ2v) is 3.66. The third-order valence-electron chi connectivity index (χ3n) is 2.48. The third kappa shape index (κ3) is 2.25. The summed E-state index contributed by atoms with van der Waals surface area (Å²) in [6.07, 6.45) is 0.800. The van der Waals surface area contributed by atoms with E-state index in [4.69, 9.17) is 11.5 Å². The lowest BCUT2D eigenvalue weighted by molar-refractivity contribution is 0.446. The third-order valence-corrected chi connectivity index (χ3v) is 2.48. The number of phenolic OH excluding ortho intramolecular Hbond substituents is 1. The Bertz CT molecular complexity index is 312. The number of aryl methyl sites for hydroxylation is 1. The zero-order valence-corrected chi connectivity index (χ0v) is 8.70. The predicted molar refractivity (Wildman–Crippen MR) is 58.0 cm³/mol.